The average molecular weight is 514 g/mol. The van der Waals surface area contributed by atoms with Crippen molar-refractivity contribution in [2.45, 2.75) is 17.2 Å². The van der Waals surface area contributed by atoms with Crippen LogP contribution in [0.2, 0.25) is 0 Å². The summed E-state index contributed by atoms with van der Waals surface area (Å²) >= 11 is 2.40. The fourth-order valence-corrected chi connectivity index (χ4v) is 5.85. The number of fused-ring (bicyclic) bond motifs is 1. The third-order valence-corrected chi connectivity index (χ3v) is 8.36. The molecule has 2 aromatic rings. The van der Waals surface area contributed by atoms with E-state index in [4.69, 9.17) is 9.47 Å². The maximum Gasteiger partial charge on any atom is 0.234 e. The van der Waals surface area contributed by atoms with E-state index in [0.717, 1.165) is 0 Å². The molecule has 0 atom stereocenters. The topological polar surface area (TPSA) is 140 Å². The van der Waals surface area contributed by atoms with Crippen molar-refractivity contribution in [3.63, 3.8) is 0 Å². The molecule has 1 aromatic carbocycles. The number of carbonyl (C=O) groups is 2. The second-order valence-corrected chi connectivity index (χ2v) is 11.7. The van der Waals surface area contributed by atoms with Gasteiger partial charge in [0.1, 0.15) is 13.2 Å². The van der Waals surface area contributed by atoms with Gasteiger partial charge in [-0.25, -0.2) is 12.7 Å². The van der Waals surface area contributed by atoms with E-state index in [-0.39, 0.29) is 23.5 Å². The zero-order chi connectivity index (χ0) is 23.4. The summed E-state index contributed by atoms with van der Waals surface area (Å²) in [6.07, 6.45) is 2.09. The molecule has 2 N–H and O–H groups in total. The molecule has 0 bridgehead atoms. The van der Waals surface area contributed by atoms with Crippen LogP contribution in [0.4, 0.5) is 10.8 Å². The van der Waals surface area contributed by atoms with Crippen molar-refractivity contribution in [2.75, 3.05) is 48.9 Å². The monoisotopic (exact) mass is 513 g/mol. The van der Waals surface area contributed by atoms with E-state index in [1.54, 1.807) is 18.2 Å². The minimum Gasteiger partial charge on any atom is -0.486 e. The molecule has 1 fully saturated rings. The Kier molecular flexibility index (Phi) is 7.36. The lowest BCUT2D eigenvalue weighted by Crippen LogP contribution is -2.40. The van der Waals surface area contributed by atoms with Gasteiger partial charge in [-0.2, -0.15) is 0 Å². The molecule has 2 amide bonds. The Morgan fingerprint density at radius 1 is 1.15 bits per heavy atom. The molecule has 0 radical (unpaired) electrons. The highest BCUT2D eigenvalue weighted by molar-refractivity contribution is 8.01. The van der Waals surface area contributed by atoms with Crippen LogP contribution in [0.5, 0.6) is 11.5 Å². The fraction of sp³-hybridized carbons (Fsp3) is 0.474. The van der Waals surface area contributed by atoms with Gasteiger partial charge < -0.3 is 20.1 Å². The van der Waals surface area contributed by atoms with E-state index >= 15 is 0 Å². The Balaban J connectivity index is 1.23. The molecule has 0 spiro atoms. The first-order valence-corrected chi connectivity index (χ1v) is 13.8. The predicted octanol–water partition coefficient (Wildman–Crippen LogP) is 1.65. The van der Waals surface area contributed by atoms with Crippen molar-refractivity contribution in [2.24, 2.45) is 5.92 Å². The van der Waals surface area contributed by atoms with Gasteiger partial charge >= 0.3 is 0 Å². The quantitative estimate of drug-likeness (QED) is 0.418. The lowest BCUT2D eigenvalue weighted by atomic mass is 9.97. The first kappa shape index (κ1) is 23.7. The maximum absolute atomic E-state index is 12.5. The summed E-state index contributed by atoms with van der Waals surface area (Å²) < 4.78 is 36.1. The number of benzene rings is 1. The zero-order valence-corrected chi connectivity index (χ0v) is 20.2. The van der Waals surface area contributed by atoms with Gasteiger partial charge in [0, 0.05) is 30.8 Å². The highest BCUT2D eigenvalue weighted by atomic mass is 32.2. The normalized spacial score (nSPS) is 16.9. The standard InChI is InChI=1S/C19H23N5O6S3/c1-33(27,28)24-6-4-12(5-7-24)17(26)21-18-22-23-19(32-18)31-11-16(25)20-13-2-3-14-15(10-13)30-9-8-29-14/h2-3,10,12H,4-9,11H2,1H3,(H,20,25)(H,21,22,26). The summed E-state index contributed by atoms with van der Waals surface area (Å²) in [4.78, 5) is 24.8. The first-order valence-electron chi connectivity index (χ1n) is 10.2. The van der Waals surface area contributed by atoms with E-state index in [0.29, 0.717) is 65.8 Å². The second-order valence-electron chi connectivity index (χ2n) is 7.49. The van der Waals surface area contributed by atoms with Crippen molar-refractivity contribution in [3.05, 3.63) is 18.2 Å². The summed E-state index contributed by atoms with van der Waals surface area (Å²) in [5, 5.41) is 13.9. The molecule has 14 heteroatoms. The Morgan fingerprint density at radius 2 is 1.88 bits per heavy atom. The van der Waals surface area contributed by atoms with E-state index in [1.165, 1.54) is 33.7 Å². The van der Waals surface area contributed by atoms with Crippen LogP contribution in [0.3, 0.4) is 0 Å². The highest BCUT2D eigenvalue weighted by Gasteiger charge is 2.29. The van der Waals surface area contributed by atoms with E-state index < -0.39 is 10.0 Å². The van der Waals surface area contributed by atoms with Crippen LogP contribution < -0.4 is 20.1 Å². The van der Waals surface area contributed by atoms with Crippen LogP contribution in [0, 0.1) is 5.92 Å². The molecule has 0 aliphatic carbocycles. The van der Waals surface area contributed by atoms with Gasteiger partial charge in [-0.15, -0.1) is 10.2 Å². The Bertz CT molecular complexity index is 1130. The number of sulfonamides is 1. The first-order chi connectivity index (χ1) is 15.8. The number of hydrogen-bond donors (Lipinski definition) is 2. The highest BCUT2D eigenvalue weighted by Crippen LogP contribution is 2.33. The van der Waals surface area contributed by atoms with Crippen molar-refractivity contribution in [1.82, 2.24) is 14.5 Å². The van der Waals surface area contributed by atoms with Crippen LogP contribution in [-0.2, 0) is 19.6 Å². The lowest BCUT2D eigenvalue weighted by Gasteiger charge is -2.29. The molecule has 2 aliphatic heterocycles. The van der Waals surface area contributed by atoms with Crippen LogP contribution >= 0.6 is 23.1 Å². The smallest absolute Gasteiger partial charge is 0.234 e. The number of carbonyl (C=O) groups excluding carboxylic acids is 2. The molecular weight excluding hydrogens is 490 g/mol. The Morgan fingerprint density at radius 3 is 2.61 bits per heavy atom. The molecule has 1 saturated heterocycles. The van der Waals surface area contributed by atoms with Crippen molar-refractivity contribution < 1.29 is 27.5 Å². The molecule has 178 valence electrons. The van der Waals surface area contributed by atoms with Gasteiger partial charge in [-0.05, 0) is 25.0 Å². The summed E-state index contributed by atoms with van der Waals surface area (Å²) in [5.74, 6) is 0.680. The Hall–Kier alpha value is -2.42. The third kappa shape index (κ3) is 6.34. The largest absolute Gasteiger partial charge is 0.486 e. The van der Waals surface area contributed by atoms with Crippen LogP contribution in [0.1, 0.15) is 12.8 Å². The predicted molar refractivity (Wildman–Crippen MR) is 124 cm³/mol. The minimum atomic E-state index is -3.23. The van der Waals surface area contributed by atoms with E-state index in [2.05, 4.69) is 20.8 Å². The van der Waals surface area contributed by atoms with Gasteiger partial charge in [0.15, 0.2) is 15.8 Å². The number of ether oxygens (including phenoxy) is 2. The maximum atomic E-state index is 12.5. The van der Waals surface area contributed by atoms with Crippen LogP contribution in [0.15, 0.2) is 22.5 Å². The number of rotatable bonds is 7. The summed E-state index contributed by atoms with van der Waals surface area (Å²) in [6.45, 7) is 1.62. The van der Waals surface area contributed by atoms with Crippen LogP contribution in [-0.4, -0.2) is 73.0 Å². The number of hydrogen-bond acceptors (Lipinski definition) is 10. The minimum absolute atomic E-state index is 0.126. The SMILES string of the molecule is CS(=O)(=O)N1CCC(C(=O)Nc2nnc(SCC(=O)Nc3ccc4c(c3)OCCO4)s2)CC1. The molecule has 3 heterocycles. The molecule has 0 saturated carbocycles. The zero-order valence-electron chi connectivity index (χ0n) is 17.8. The van der Waals surface area contributed by atoms with Gasteiger partial charge in [-0.1, -0.05) is 23.1 Å². The molecule has 11 nitrogen and oxygen atoms in total. The van der Waals surface area contributed by atoms with Crippen LogP contribution in [0.25, 0.3) is 0 Å². The molecular formula is C19H23N5O6S3. The number of aromatic nitrogens is 2. The summed E-state index contributed by atoms with van der Waals surface area (Å²) in [6, 6.07) is 5.22. The number of amides is 2. The van der Waals surface area contributed by atoms with Crippen molar-refractivity contribution in [1.29, 1.82) is 0 Å². The molecule has 2 aliphatic rings. The number of piperidine rings is 1. The Labute approximate surface area is 199 Å². The van der Waals surface area contributed by atoms with Gasteiger partial charge in [-0.3, -0.25) is 9.59 Å². The molecule has 4 rings (SSSR count). The molecule has 33 heavy (non-hydrogen) atoms. The van der Waals surface area contributed by atoms with Gasteiger partial charge in [0.05, 0.1) is 12.0 Å². The van der Waals surface area contributed by atoms with Gasteiger partial charge in [0.2, 0.25) is 27.0 Å². The summed E-state index contributed by atoms with van der Waals surface area (Å²) in [7, 11) is -3.23. The molecule has 1 aromatic heterocycles. The second kappa shape index (κ2) is 10.2. The third-order valence-electron chi connectivity index (χ3n) is 5.08. The number of nitrogens with zero attached hydrogens (tertiary/aromatic N) is 3. The average Bonchev–Trinajstić information content (AvgIpc) is 3.24. The summed E-state index contributed by atoms with van der Waals surface area (Å²) in [5.41, 5.74) is 0.608. The number of thioether (sulfide) groups is 1. The van der Waals surface area contributed by atoms with E-state index in [9.17, 15) is 18.0 Å². The lowest BCUT2D eigenvalue weighted by molar-refractivity contribution is -0.121. The van der Waals surface area contributed by atoms with E-state index in [1.807, 2.05) is 0 Å². The molecule has 0 unspecified atom stereocenters. The number of nitrogens with one attached hydrogen (secondary N) is 2. The number of anilines is 2. The van der Waals surface area contributed by atoms with Crippen molar-refractivity contribution in [3.8, 4) is 11.5 Å². The van der Waals surface area contributed by atoms with Gasteiger partial charge in [0.25, 0.3) is 0 Å². The van der Waals surface area contributed by atoms with Crippen molar-refractivity contribution >= 4 is 55.8 Å². The fourth-order valence-electron chi connectivity index (χ4n) is 3.42.